The number of nitrogens with one attached hydrogen (secondary N) is 2. The van der Waals surface area contributed by atoms with Gasteiger partial charge in [0.05, 0.1) is 18.8 Å². The number of aliphatic hydroxyl groups excluding tert-OH is 1. The molecule has 0 aliphatic heterocycles. The Morgan fingerprint density at radius 3 is 2.56 bits per heavy atom. The number of aromatic amines is 1. The first-order valence-corrected chi connectivity index (χ1v) is 8.67. The van der Waals surface area contributed by atoms with Crippen LogP contribution >= 0.6 is 0 Å². The first-order valence-electron chi connectivity index (χ1n) is 8.67. The van der Waals surface area contributed by atoms with E-state index in [9.17, 15) is 9.90 Å². The molecule has 4 rings (SSSR count). The van der Waals surface area contributed by atoms with Gasteiger partial charge in [0.1, 0.15) is 0 Å². The summed E-state index contributed by atoms with van der Waals surface area (Å²) in [5, 5.41) is 12.6. The van der Waals surface area contributed by atoms with Crippen LogP contribution < -0.4 is 9.72 Å². The smallest absolute Gasteiger partial charge is 0.351 e. The fourth-order valence-corrected chi connectivity index (χ4v) is 3.14. The second-order valence-electron chi connectivity index (χ2n) is 6.16. The molecule has 1 amide bonds. The minimum absolute atomic E-state index is 0.184. The van der Waals surface area contributed by atoms with Crippen LogP contribution in [0.25, 0.3) is 16.8 Å². The number of hydrogen-bond donors (Lipinski definition) is 3. The van der Waals surface area contributed by atoms with Gasteiger partial charge in [-0.3, -0.25) is 9.78 Å². The Kier molecular flexibility index (Phi) is 4.63. The van der Waals surface area contributed by atoms with Crippen LogP contribution in [0.4, 0.5) is 0 Å². The number of pyridine rings is 2. The summed E-state index contributed by atoms with van der Waals surface area (Å²) in [6.45, 7) is -0.184. The lowest BCUT2D eigenvalue weighted by atomic mass is 10.1. The lowest BCUT2D eigenvalue weighted by molar-refractivity contribution is -0.513. The highest BCUT2D eigenvalue weighted by Crippen LogP contribution is 2.21. The number of carbonyl (C=O) groups is 1. The van der Waals surface area contributed by atoms with E-state index < -0.39 is 6.04 Å². The minimum atomic E-state index is -0.481. The summed E-state index contributed by atoms with van der Waals surface area (Å²) in [7, 11) is 0. The van der Waals surface area contributed by atoms with Crippen LogP contribution in [-0.4, -0.2) is 27.6 Å². The Morgan fingerprint density at radius 2 is 1.81 bits per heavy atom. The number of carbonyl (C=O) groups excluding carboxylic acids is 1. The average molecular weight is 359 g/mol. The summed E-state index contributed by atoms with van der Waals surface area (Å²) in [5.41, 5.74) is 3.51. The minimum Gasteiger partial charge on any atom is -0.394 e. The largest absolute Gasteiger partial charge is 0.394 e. The predicted octanol–water partition coefficient (Wildman–Crippen LogP) is 2.28. The van der Waals surface area contributed by atoms with Crippen LogP contribution in [0.2, 0.25) is 0 Å². The zero-order valence-corrected chi connectivity index (χ0v) is 14.5. The molecule has 0 unspecified atom stereocenters. The van der Waals surface area contributed by atoms with Crippen LogP contribution in [0, 0.1) is 0 Å². The molecule has 0 fully saturated rings. The zero-order valence-electron chi connectivity index (χ0n) is 14.5. The van der Waals surface area contributed by atoms with Crippen molar-refractivity contribution >= 4 is 11.4 Å². The fraction of sp³-hybridized carbons (Fsp3) is 0.0952. The fourth-order valence-electron chi connectivity index (χ4n) is 3.14. The summed E-state index contributed by atoms with van der Waals surface area (Å²) >= 11 is 0. The van der Waals surface area contributed by atoms with Crippen LogP contribution in [0.3, 0.4) is 0 Å². The van der Waals surface area contributed by atoms with Gasteiger partial charge in [-0.2, -0.15) is 4.40 Å². The number of imidazole rings is 1. The van der Waals surface area contributed by atoms with Crippen LogP contribution in [0.5, 0.6) is 0 Å². The van der Waals surface area contributed by atoms with Gasteiger partial charge in [-0.25, -0.2) is 4.98 Å². The number of amides is 1. The SMILES string of the molecule is O=C(N[C@H](CO)c1ccccc1)c1[nH]c(-c2ccncc2)c2cccc[n+]12. The zero-order chi connectivity index (χ0) is 18.6. The monoisotopic (exact) mass is 359 g/mol. The van der Waals surface area contributed by atoms with E-state index in [2.05, 4.69) is 15.3 Å². The van der Waals surface area contributed by atoms with Gasteiger partial charge in [0.15, 0.2) is 11.2 Å². The standard InChI is InChI=1S/C21H18N4O2/c26-14-17(15-6-2-1-3-7-15)23-21(27)20-24-19(16-9-11-22-12-10-16)18-8-4-5-13-25(18)20/h1-13,17,26H,14H2,(H,23,27)/p+1/t17-/m1/s1. The average Bonchev–Trinajstić information content (AvgIpc) is 3.13. The van der Waals surface area contributed by atoms with Gasteiger partial charge in [-0.15, -0.1) is 0 Å². The summed E-state index contributed by atoms with van der Waals surface area (Å²) in [6, 6.07) is 18.5. The molecule has 6 heteroatoms. The molecule has 6 nitrogen and oxygen atoms in total. The number of aromatic nitrogens is 3. The van der Waals surface area contributed by atoms with Crippen LogP contribution in [0.1, 0.15) is 22.2 Å². The van der Waals surface area contributed by atoms with Crippen LogP contribution in [0.15, 0.2) is 79.3 Å². The molecule has 3 N–H and O–H groups in total. The number of H-pyrrole nitrogens is 1. The number of rotatable bonds is 5. The molecule has 0 radical (unpaired) electrons. The second-order valence-corrected chi connectivity index (χ2v) is 6.16. The molecule has 0 aliphatic carbocycles. The first-order chi connectivity index (χ1) is 13.3. The summed E-state index contributed by atoms with van der Waals surface area (Å²) in [5.74, 6) is 0.103. The Bertz CT molecular complexity index is 1060. The van der Waals surface area contributed by atoms with E-state index >= 15 is 0 Å². The molecule has 0 saturated heterocycles. The molecule has 1 atom stereocenters. The maximum Gasteiger partial charge on any atom is 0.351 e. The summed E-state index contributed by atoms with van der Waals surface area (Å²) in [6.07, 6.45) is 5.26. The molecule has 0 bridgehead atoms. The normalized spacial score (nSPS) is 12.0. The quantitative estimate of drug-likeness (QED) is 0.478. The molecule has 3 aromatic heterocycles. The van der Waals surface area contributed by atoms with Gasteiger partial charge < -0.3 is 10.4 Å². The maximum absolute atomic E-state index is 13.0. The highest BCUT2D eigenvalue weighted by Gasteiger charge is 2.27. The lowest BCUT2D eigenvalue weighted by Crippen LogP contribution is -2.38. The van der Waals surface area contributed by atoms with Crippen molar-refractivity contribution in [3.8, 4) is 11.3 Å². The topological polar surface area (TPSA) is 82.1 Å². The molecule has 0 aliphatic rings. The number of aliphatic hydroxyl groups is 1. The molecule has 134 valence electrons. The lowest BCUT2D eigenvalue weighted by Gasteiger charge is -2.14. The molecule has 0 saturated carbocycles. The van der Waals surface area contributed by atoms with Crippen molar-refractivity contribution in [2.45, 2.75) is 6.04 Å². The number of hydrogen-bond acceptors (Lipinski definition) is 3. The Labute approximate surface area is 156 Å². The number of nitrogens with zero attached hydrogens (tertiary/aromatic N) is 2. The molecular formula is C21H19N4O2+. The van der Waals surface area contributed by atoms with E-state index in [4.69, 9.17) is 0 Å². The van der Waals surface area contributed by atoms with E-state index in [1.54, 1.807) is 12.4 Å². The molecule has 1 aromatic carbocycles. The molecule has 27 heavy (non-hydrogen) atoms. The highest BCUT2D eigenvalue weighted by molar-refractivity contribution is 5.91. The Balaban J connectivity index is 1.72. The van der Waals surface area contributed by atoms with E-state index in [-0.39, 0.29) is 12.5 Å². The molecule has 0 spiro atoms. The van der Waals surface area contributed by atoms with Crippen molar-refractivity contribution in [1.29, 1.82) is 0 Å². The highest BCUT2D eigenvalue weighted by atomic mass is 16.3. The summed E-state index contributed by atoms with van der Waals surface area (Å²) < 4.78 is 1.81. The van der Waals surface area contributed by atoms with Crippen molar-refractivity contribution in [1.82, 2.24) is 15.3 Å². The predicted molar refractivity (Wildman–Crippen MR) is 101 cm³/mol. The van der Waals surface area contributed by atoms with E-state index in [0.717, 1.165) is 22.3 Å². The molecular weight excluding hydrogens is 340 g/mol. The van der Waals surface area contributed by atoms with E-state index in [1.807, 2.05) is 71.3 Å². The van der Waals surface area contributed by atoms with Gasteiger partial charge in [-0.1, -0.05) is 36.4 Å². The van der Waals surface area contributed by atoms with E-state index in [1.165, 1.54) is 0 Å². The van der Waals surface area contributed by atoms with Gasteiger partial charge in [0, 0.05) is 18.0 Å². The van der Waals surface area contributed by atoms with Crippen molar-refractivity contribution in [2.24, 2.45) is 0 Å². The van der Waals surface area contributed by atoms with Gasteiger partial charge in [-0.05, 0) is 29.8 Å². The van der Waals surface area contributed by atoms with Crippen molar-refractivity contribution in [3.63, 3.8) is 0 Å². The number of benzene rings is 1. The maximum atomic E-state index is 13.0. The molecule has 3 heterocycles. The van der Waals surface area contributed by atoms with Crippen molar-refractivity contribution in [3.05, 3.63) is 90.6 Å². The Morgan fingerprint density at radius 1 is 1.07 bits per heavy atom. The summed E-state index contributed by atoms with van der Waals surface area (Å²) in [4.78, 5) is 20.2. The third-order valence-corrected chi connectivity index (χ3v) is 4.47. The molecule has 4 aromatic rings. The van der Waals surface area contributed by atoms with Gasteiger partial charge in [0.25, 0.3) is 0 Å². The van der Waals surface area contributed by atoms with Gasteiger partial charge in [0.2, 0.25) is 0 Å². The van der Waals surface area contributed by atoms with E-state index in [0.29, 0.717) is 5.82 Å². The van der Waals surface area contributed by atoms with Crippen molar-refractivity contribution < 1.29 is 14.3 Å². The number of fused-ring (bicyclic) bond motifs is 1. The Hall–Kier alpha value is -3.51. The van der Waals surface area contributed by atoms with Crippen LogP contribution in [-0.2, 0) is 0 Å². The van der Waals surface area contributed by atoms with Crippen molar-refractivity contribution in [2.75, 3.05) is 6.61 Å². The second kappa shape index (κ2) is 7.39. The van der Waals surface area contributed by atoms with Gasteiger partial charge >= 0.3 is 11.7 Å². The third-order valence-electron chi connectivity index (χ3n) is 4.47. The first kappa shape index (κ1) is 16.9. The third kappa shape index (κ3) is 3.30.